The van der Waals surface area contributed by atoms with Gasteiger partial charge in [0, 0.05) is 26.5 Å². The molecule has 8 heteroatoms. The average molecular weight is 464 g/mol. The van der Waals surface area contributed by atoms with E-state index in [2.05, 4.69) is 0 Å². The molecule has 0 fully saturated rings. The summed E-state index contributed by atoms with van der Waals surface area (Å²) in [5.74, 6) is -0.523. The first kappa shape index (κ1) is 19.6. The van der Waals surface area contributed by atoms with Crippen LogP contribution in [-0.4, -0.2) is 4.98 Å². The van der Waals surface area contributed by atoms with E-state index >= 15 is 0 Å². The Labute approximate surface area is 182 Å². The molecule has 1 nitrogen and oxygen atoms in total. The van der Waals surface area contributed by atoms with Crippen molar-refractivity contribution in [2.75, 3.05) is 0 Å². The van der Waals surface area contributed by atoms with Crippen LogP contribution in [0.25, 0.3) is 32.3 Å². The largest absolute Gasteiger partial charge is 0.416 e. The number of hydrogen-bond acceptors (Lipinski definition) is 3. The van der Waals surface area contributed by atoms with Crippen LogP contribution in [0.1, 0.15) is 5.56 Å². The highest BCUT2D eigenvalue weighted by atomic mass is 35.5. The third-order valence-corrected chi connectivity index (χ3v) is 7.27. The molecule has 0 unspecified atom stereocenters. The van der Waals surface area contributed by atoms with Gasteiger partial charge in [-0.2, -0.15) is 13.2 Å². The third-order valence-electron chi connectivity index (χ3n) is 4.71. The van der Waals surface area contributed by atoms with E-state index in [4.69, 9.17) is 16.6 Å². The zero-order valence-corrected chi connectivity index (χ0v) is 17.3. The van der Waals surface area contributed by atoms with E-state index in [0.717, 1.165) is 21.4 Å². The predicted octanol–water partition coefficient (Wildman–Crippen LogP) is 8.42. The van der Waals surface area contributed by atoms with Gasteiger partial charge >= 0.3 is 6.18 Å². The number of benzene rings is 3. The quantitative estimate of drug-likeness (QED) is 0.231. The maximum Gasteiger partial charge on any atom is 0.416 e. The van der Waals surface area contributed by atoms with Crippen LogP contribution in [0.5, 0.6) is 0 Å². The highest BCUT2D eigenvalue weighted by Gasteiger charge is 2.33. The maximum absolute atomic E-state index is 13.6. The fourth-order valence-corrected chi connectivity index (χ4v) is 5.76. The van der Waals surface area contributed by atoms with Crippen molar-refractivity contribution in [1.29, 1.82) is 0 Å². The summed E-state index contributed by atoms with van der Waals surface area (Å²) >= 11 is 8.63. The SMILES string of the molecule is Fc1ccc(-c2nc3c(s2)-c2ccccc2Sc2cc(C(F)(F)F)ccc2-3)cc1Cl. The topological polar surface area (TPSA) is 12.9 Å². The van der Waals surface area contributed by atoms with Crippen molar-refractivity contribution in [3.8, 4) is 32.3 Å². The fraction of sp³-hybridized carbons (Fsp3) is 0.0455. The molecule has 30 heavy (non-hydrogen) atoms. The van der Waals surface area contributed by atoms with Crippen molar-refractivity contribution in [3.05, 3.63) is 77.1 Å². The molecule has 5 rings (SSSR count). The second-order valence-corrected chi connectivity index (χ2v) is 9.12. The van der Waals surface area contributed by atoms with Gasteiger partial charge in [0.05, 0.1) is 21.2 Å². The van der Waals surface area contributed by atoms with Crippen molar-refractivity contribution in [2.24, 2.45) is 0 Å². The van der Waals surface area contributed by atoms with Crippen LogP contribution in [0.4, 0.5) is 17.6 Å². The Balaban J connectivity index is 1.75. The Hall–Kier alpha value is -2.35. The Bertz CT molecular complexity index is 1300. The average Bonchev–Trinajstić information content (AvgIpc) is 3.10. The van der Waals surface area contributed by atoms with Crippen molar-refractivity contribution in [2.45, 2.75) is 16.0 Å². The minimum atomic E-state index is -4.43. The molecule has 4 aromatic rings. The van der Waals surface area contributed by atoms with E-state index in [1.54, 1.807) is 6.07 Å². The summed E-state index contributed by atoms with van der Waals surface area (Å²) in [7, 11) is 0. The molecule has 0 N–H and O–H groups in total. The van der Waals surface area contributed by atoms with E-state index in [0.29, 0.717) is 26.7 Å². The molecule has 0 amide bonds. The zero-order valence-electron chi connectivity index (χ0n) is 14.9. The summed E-state index contributed by atoms with van der Waals surface area (Å²) in [4.78, 5) is 6.92. The van der Waals surface area contributed by atoms with E-state index < -0.39 is 17.6 Å². The van der Waals surface area contributed by atoms with Gasteiger partial charge in [0.15, 0.2) is 0 Å². The fourth-order valence-electron chi connectivity index (χ4n) is 3.28. The van der Waals surface area contributed by atoms with Gasteiger partial charge in [-0.15, -0.1) is 11.3 Å². The Kier molecular flexibility index (Phi) is 4.65. The lowest BCUT2D eigenvalue weighted by molar-refractivity contribution is -0.137. The molecule has 0 atom stereocenters. The Morgan fingerprint density at radius 1 is 0.867 bits per heavy atom. The van der Waals surface area contributed by atoms with Crippen LogP contribution in [0.3, 0.4) is 0 Å². The Morgan fingerprint density at radius 2 is 1.67 bits per heavy atom. The van der Waals surface area contributed by atoms with Crippen LogP contribution < -0.4 is 0 Å². The van der Waals surface area contributed by atoms with Gasteiger partial charge in [-0.1, -0.05) is 47.6 Å². The predicted molar refractivity (Wildman–Crippen MR) is 113 cm³/mol. The molecule has 1 aromatic heterocycles. The molecule has 3 aromatic carbocycles. The standard InChI is InChI=1S/C22H10ClF4NS2/c23-15-9-11(5-8-16(15)24)21-28-19-13-7-6-12(22(25,26)27)10-18(13)29-17-4-2-1-3-14(17)20(19)30-21/h1-10H. The van der Waals surface area contributed by atoms with Crippen LogP contribution >= 0.6 is 34.7 Å². The number of nitrogens with zero attached hydrogens (tertiary/aromatic N) is 1. The minimum Gasteiger partial charge on any atom is -0.235 e. The second kappa shape index (κ2) is 7.11. The number of alkyl halides is 3. The van der Waals surface area contributed by atoms with Crippen molar-refractivity contribution in [1.82, 2.24) is 4.98 Å². The highest BCUT2D eigenvalue weighted by Crippen LogP contribution is 2.51. The van der Waals surface area contributed by atoms with Gasteiger partial charge in [0.1, 0.15) is 10.8 Å². The molecule has 0 saturated heterocycles. The molecule has 0 saturated carbocycles. The van der Waals surface area contributed by atoms with Crippen LogP contribution in [0.2, 0.25) is 5.02 Å². The number of hydrogen-bond donors (Lipinski definition) is 0. The van der Waals surface area contributed by atoms with Crippen LogP contribution in [0, 0.1) is 5.82 Å². The zero-order chi connectivity index (χ0) is 21.0. The lowest BCUT2D eigenvalue weighted by atomic mass is 10.0. The molecule has 0 radical (unpaired) electrons. The molecule has 0 spiro atoms. The first-order valence-corrected chi connectivity index (χ1v) is 10.8. The Morgan fingerprint density at radius 3 is 2.43 bits per heavy atom. The normalized spacial score (nSPS) is 12.7. The smallest absolute Gasteiger partial charge is 0.235 e. The summed E-state index contributed by atoms with van der Waals surface area (Å²) in [5, 5.41) is 0.610. The molecule has 0 bridgehead atoms. The van der Waals surface area contributed by atoms with Gasteiger partial charge in [-0.25, -0.2) is 9.37 Å². The van der Waals surface area contributed by atoms with Crippen LogP contribution in [0.15, 0.2) is 70.5 Å². The molecule has 2 heterocycles. The van der Waals surface area contributed by atoms with Crippen molar-refractivity contribution in [3.63, 3.8) is 0 Å². The summed E-state index contributed by atoms with van der Waals surface area (Å²) in [6, 6.07) is 15.6. The monoisotopic (exact) mass is 463 g/mol. The molecular formula is C22H10ClF4NS2. The minimum absolute atomic E-state index is 0.0101. The van der Waals surface area contributed by atoms with Gasteiger partial charge in [-0.3, -0.25) is 0 Å². The lowest BCUT2D eigenvalue weighted by Gasteiger charge is -2.11. The maximum atomic E-state index is 13.6. The third kappa shape index (κ3) is 3.31. The molecule has 150 valence electrons. The van der Waals surface area contributed by atoms with E-state index in [-0.39, 0.29) is 5.02 Å². The summed E-state index contributed by atoms with van der Waals surface area (Å²) in [5.41, 5.74) is 2.10. The summed E-state index contributed by atoms with van der Waals surface area (Å²) in [6.45, 7) is 0. The number of aromatic nitrogens is 1. The molecule has 0 aliphatic carbocycles. The number of fused-ring (bicyclic) bond motifs is 5. The number of thiazole rings is 1. The van der Waals surface area contributed by atoms with Gasteiger partial charge < -0.3 is 0 Å². The first-order chi connectivity index (χ1) is 14.3. The molecule has 1 aliphatic rings. The molecule has 1 aliphatic heterocycles. The van der Waals surface area contributed by atoms with Crippen LogP contribution in [-0.2, 0) is 6.18 Å². The number of rotatable bonds is 1. The second-order valence-electron chi connectivity index (χ2n) is 6.63. The first-order valence-electron chi connectivity index (χ1n) is 8.76. The van der Waals surface area contributed by atoms with Crippen molar-refractivity contribution < 1.29 is 17.6 Å². The summed E-state index contributed by atoms with van der Waals surface area (Å²) < 4.78 is 53.4. The molecular weight excluding hydrogens is 454 g/mol. The van der Waals surface area contributed by atoms with Gasteiger partial charge in [0.2, 0.25) is 0 Å². The van der Waals surface area contributed by atoms with Gasteiger partial charge in [0.25, 0.3) is 0 Å². The lowest BCUT2D eigenvalue weighted by Crippen LogP contribution is -2.04. The summed E-state index contributed by atoms with van der Waals surface area (Å²) in [6.07, 6.45) is -4.43. The van der Waals surface area contributed by atoms with Crippen molar-refractivity contribution >= 4 is 34.7 Å². The van der Waals surface area contributed by atoms with E-state index in [1.165, 1.54) is 47.4 Å². The van der Waals surface area contributed by atoms with E-state index in [1.807, 2.05) is 24.3 Å². The van der Waals surface area contributed by atoms with E-state index in [9.17, 15) is 17.6 Å². The highest BCUT2D eigenvalue weighted by molar-refractivity contribution is 7.99. The van der Waals surface area contributed by atoms with Gasteiger partial charge in [-0.05, 0) is 36.4 Å². The number of halogens is 5.